The Hall–Kier alpha value is -0.420. The van der Waals surface area contributed by atoms with Crippen molar-refractivity contribution in [1.29, 1.82) is 5.26 Å². The number of hydrogen-bond donors (Lipinski definition) is 1. The number of nitrogens with one attached hydrogen (secondary N) is 1. The minimum absolute atomic E-state index is 0.114. The van der Waals surface area contributed by atoms with Crippen molar-refractivity contribution in [1.82, 2.24) is 4.72 Å². The molecule has 0 atom stereocenters. The van der Waals surface area contributed by atoms with Gasteiger partial charge in [0.1, 0.15) is 5.54 Å². The second kappa shape index (κ2) is 6.35. The Balaban J connectivity index is 3.26. The minimum Gasteiger partial charge on any atom is -0.207 e. The number of rotatable bonds is 5. The third-order valence-electron chi connectivity index (χ3n) is 2.93. The van der Waals surface area contributed by atoms with Crippen LogP contribution in [0.2, 0.25) is 0 Å². The molecule has 19 heavy (non-hydrogen) atoms. The molecule has 0 heterocycles. The Labute approximate surface area is 130 Å². The summed E-state index contributed by atoms with van der Waals surface area (Å²) < 4.78 is 28.4. The fourth-order valence-electron chi connectivity index (χ4n) is 1.57. The predicted molar refractivity (Wildman–Crippen MR) is 81.1 cm³/mol. The van der Waals surface area contributed by atoms with Gasteiger partial charge in [-0.3, -0.25) is 0 Å². The molecule has 0 radical (unpaired) electrons. The fourth-order valence-corrected chi connectivity index (χ4v) is 4.53. The maximum atomic E-state index is 12.4. The van der Waals surface area contributed by atoms with E-state index in [9.17, 15) is 13.7 Å². The van der Waals surface area contributed by atoms with Crippen molar-refractivity contribution in [2.24, 2.45) is 0 Å². The Kier molecular flexibility index (Phi) is 5.56. The van der Waals surface area contributed by atoms with Gasteiger partial charge in [0.15, 0.2) is 0 Å². The highest BCUT2D eigenvalue weighted by Gasteiger charge is 2.33. The van der Waals surface area contributed by atoms with E-state index >= 15 is 0 Å². The van der Waals surface area contributed by atoms with E-state index in [2.05, 4.69) is 42.7 Å². The van der Waals surface area contributed by atoms with E-state index in [0.717, 1.165) is 0 Å². The Morgan fingerprint density at radius 2 is 1.89 bits per heavy atom. The molecule has 0 saturated carbocycles. The summed E-state index contributed by atoms with van der Waals surface area (Å²) in [4.78, 5) is 0.114. The molecule has 7 heteroatoms. The zero-order valence-electron chi connectivity index (χ0n) is 10.6. The SMILES string of the molecule is CCC(C#N)(CC)NS(=O)(=O)c1cc(Br)ccc1Br. The molecule has 1 aromatic rings. The average Bonchev–Trinajstić information content (AvgIpc) is 2.39. The summed E-state index contributed by atoms with van der Waals surface area (Å²) in [5.41, 5.74) is -1.07. The van der Waals surface area contributed by atoms with Crippen LogP contribution in [0.15, 0.2) is 32.0 Å². The summed E-state index contributed by atoms with van der Waals surface area (Å²) in [5, 5.41) is 9.21. The summed E-state index contributed by atoms with van der Waals surface area (Å²) in [5.74, 6) is 0. The third-order valence-corrected chi connectivity index (χ3v) is 5.96. The molecular weight excluding hydrogens is 396 g/mol. The summed E-state index contributed by atoms with van der Waals surface area (Å²) in [7, 11) is -3.76. The second-order valence-corrected chi connectivity index (χ2v) is 7.50. The van der Waals surface area contributed by atoms with Crippen LogP contribution >= 0.6 is 31.9 Å². The van der Waals surface area contributed by atoms with Gasteiger partial charge in [-0.25, -0.2) is 8.42 Å². The van der Waals surface area contributed by atoms with Gasteiger partial charge in [0.25, 0.3) is 0 Å². The van der Waals surface area contributed by atoms with Gasteiger partial charge < -0.3 is 0 Å². The van der Waals surface area contributed by atoms with E-state index in [0.29, 0.717) is 21.8 Å². The first kappa shape index (κ1) is 16.6. The number of sulfonamides is 1. The van der Waals surface area contributed by atoms with E-state index < -0.39 is 15.6 Å². The van der Waals surface area contributed by atoms with Crippen molar-refractivity contribution in [3.05, 3.63) is 27.1 Å². The summed E-state index contributed by atoms with van der Waals surface area (Å²) in [6.07, 6.45) is 0.815. The lowest BCUT2D eigenvalue weighted by Gasteiger charge is -2.24. The number of nitrogens with zero attached hydrogens (tertiary/aromatic N) is 1. The molecule has 0 aliphatic rings. The van der Waals surface area contributed by atoms with Crippen LogP contribution in [0.4, 0.5) is 0 Å². The Morgan fingerprint density at radius 3 is 2.37 bits per heavy atom. The van der Waals surface area contributed by atoms with Crippen LogP contribution < -0.4 is 4.72 Å². The highest BCUT2D eigenvalue weighted by atomic mass is 79.9. The molecule has 0 saturated heterocycles. The number of halogens is 2. The number of benzene rings is 1. The summed E-state index contributed by atoms with van der Waals surface area (Å²) >= 11 is 6.46. The normalized spacial score (nSPS) is 12.2. The molecule has 1 N–H and O–H groups in total. The van der Waals surface area contributed by atoms with Gasteiger partial charge in [0.2, 0.25) is 10.0 Å². The monoisotopic (exact) mass is 408 g/mol. The smallest absolute Gasteiger partial charge is 0.207 e. The zero-order valence-corrected chi connectivity index (χ0v) is 14.6. The van der Waals surface area contributed by atoms with E-state index in [1.807, 2.05) is 0 Å². The minimum atomic E-state index is -3.76. The predicted octanol–water partition coefficient (Wildman–Crippen LogP) is 3.57. The standard InChI is InChI=1S/C12H14Br2N2O2S/c1-3-12(4-2,8-15)16-19(17,18)11-7-9(13)5-6-10(11)14/h5-7,16H,3-4H2,1-2H3. The molecule has 104 valence electrons. The van der Waals surface area contributed by atoms with E-state index in [-0.39, 0.29) is 4.90 Å². The molecule has 0 amide bonds. The van der Waals surface area contributed by atoms with E-state index in [1.54, 1.807) is 26.0 Å². The van der Waals surface area contributed by atoms with Crippen molar-refractivity contribution in [3.8, 4) is 6.07 Å². The molecule has 0 spiro atoms. The topological polar surface area (TPSA) is 70.0 Å². The zero-order chi connectivity index (χ0) is 14.7. The summed E-state index contributed by atoms with van der Waals surface area (Å²) in [6, 6.07) is 6.94. The first-order valence-electron chi connectivity index (χ1n) is 5.70. The first-order chi connectivity index (χ1) is 8.80. The van der Waals surface area contributed by atoms with Gasteiger partial charge in [0.05, 0.1) is 11.0 Å². The maximum absolute atomic E-state index is 12.4. The molecule has 0 unspecified atom stereocenters. The Morgan fingerprint density at radius 1 is 1.32 bits per heavy atom. The molecule has 0 aliphatic heterocycles. The number of nitriles is 1. The lowest BCUT2D eigenvalue weighted by molar-refractivity contribution is 0.446. The maximum Gasteiger partial charge on any atom is 0.243 e. The second-order valence-electron chi connectivity index (χ2n) is 4.08. The third kappa shape index (κ3) is 3.78. The van der Waals surface area contributed by atoms with Gasteiger partial charge in [0, 0.05) is 8.95 Å². The van der Waals surface area contributed by atoms with Crippen LogP contribution in [-0.2, 0) is 10.0 Å². The molecule has 1 rings (SSSR count). The van der Waals surface area contributed by atoms with Crippen molar-refractivity contribution < 1.29 is 8.42 Å². The van der Waals surface area contributed by atoms with Crippen LogP contribution in [0.1, 0.15) is 26.7 Å². The van der Waals surface area contributed by atoms with Gasteiger partial charge in [-0.1, -0.05) is 29.8 Å². The summed E-state index contributed by atoms with van der Waals surface area (Å²) in [6.45, 7) is 3.57. The lowest BCUT2D eigenvalue weighted by atomic mass is 9.97. The van der Waals surface area contributed by atoms with Crippen molar-refractivity contribution in [2.45, 2.75) is 37.1 Å². The molecule has 0 bridgehead atoms. The van der Waals surface area contributed by atoms with Gasteiger partial charge in [-0.2, -0.15) is 9.98 Å². The van der Waals surface area contributed by atoms with Crippen LogP contribution in [0.25, 0.3) is 0 Å². The molecule has 1 aromatic carbocycles. The van der Waals surface area contributed by atoms with Crippen LogP contribution in [0.3, 0.4) is 0 Å². The van der Waals surface area contributed by atoms with Crippen molar-refractivity contribution in [3.63, 3.8) is 0 Å². The van der Waals surface area contributed by atoms with Crippen LogP contribution in [-0.4, -0.2) is 14.0 Å². The van der Waals surface area contributed by atoms with Crippen molar-refractivity contribution in [2.75, 3.05) is 0 Å². The highest BCUT2D eigenvalue weighted by molar-refractivity contribution is 9.11. The molecular formula is C12H14Br2N2O2S. The van der Waals surface area contributed by atoms with E-state index in [1.165, 1.54) is 6.07 Å². The Bertz CT molecular complexity index is 605. The average molecular weight is 410 g/mol. The van der Waals surface area contributed by atoms with Gasteiger partial charge in [-0.15, -0.1) is 0 Å². The van der Waals surface area contributed by atoms with Crippen LogP contribution in [0, 0.1) is 11.3 Å². The largest absolute Gasteiger partial charge is 0.243 e. The lowest BCUT2D eigenvalue weighted by Crippen LogP contribution is -2.46. The molecule has 0 aliphatic carbocycles. The molecule has 0 aromatic heterocycles. The molecule has 4 nitrogen and oxygen atoms in total. The van der Waals surface area contributed by atoms with Crippen molar-refractivity contribution >= 4 is 41.9 Å². The van der Waals surface area contributed by atoms with Crippen LogP contribution in [0.5, 0.6) is 0 Å². The van der Waals surface area contributed by atoms with Gasteiger partial charge >= 0.3 is 0 Å². The number of hydrogen-bond acceptors (Lipinski definition) is 3. The first-order valence-corrected chi connectivity index (χ1v) is 8.77. The molecule has 0 fully saturated rings. The van der Waals surface area contributed by atoms with E-state index in [4.69, 9.17) is 0 Å². The highest BCUT2D eigenvalue weighted by Crippen LogP contribution is 2.27. The van der Waals surface area contributed by atoms with Gasteiger partial charge in [-0.05, 0) is 47.0 Å². The fraction of sp³-hybridized carbons (Fsp3) is 0.417. The quantitative estimate of drug-likeness (QED) is 0.807.